The van der Waals surface area contributed by atoms with Crippen molar-refractivity contribution in [2.24, 2.45) is 11.8 Å². The molecule has 1 heterocycles. The van der Waals surface area contributed by atoms with E-state index in [0.717, 1.165) is 11.1 Å². The van der Waals surface area contributed by atoms with E-state index in [2.05, 4.69) is 52.1 Å². The summed E-state index contributed by atoms with van der Waals surface area (Å²) >= 11 is 1.62. The quantitative estimate of drug-likeness (QED) is 0.803. The molecule has 0 aromatic heterocycles. The Hall–Kier alpha value is -1.49. The highest BCUT2D eigenvalue weighted by Gasteiger charge is 2.41. The maximum Gasteiger partial charge on any atom is 0.242 e. The lowest BCUT2D eigenvalue weighted by molar-refractivity contribution is -0.139. The van der Waals surface area contributed by atoms with Crippen LogP contribution in [0.3, 0.4) is 0 Å². The number of thioether (sulfide) groups is 1. The summed E-state index contributed by atoms with van der Waals surface area (Å²) in [6.45, 7) is 11.0. The van der Waals surface area contributed by atoms with E-state index in [1.54, 1.807) is 11.8 Å². The summed E-state index contributed by atoms with van der Waals surface area (Å²) in [5.41, 5.74) is 2.29. The van der Waals surface area contributed by atoms with Crippen LogP contribution in [0.4, 0.5) is 0 Å². The van der Waals surface area contributed by atoms with Crippen molar-refractivity contribution in [3.63, 3.8) is 0 Å². The van der Waals surface area contributed by atoms with E-state index in [-0.39, 0.29) is 17.2 Å². The Labute approximate surface area is 155 Å². The van der Waals surface area contributed by atoms with Crippen molar-refractivity contribution in [2.45, 2.75) is 52.5 Å². The van der Waals surface area contributed by atoms with E-state index in [1.165, 1.54) is 0 Å². The van der Waals surface area contributed by atoms with Crippen LogP contribution in [0.5, 0.6) is 0 Å². The molecule has 4 nitrogen and oxygen atoms in total. The molecule has 0 unspecified atom stereocenters. The molecule has 2 atom stereocenters. The molecule has 1 aromatic rings. The van der Waals surface area contributed by atoms with Crippen LogP contribution in [0.2, 0.25) is 0 Å². The lowest BCUT2D eigenvalue weighted by Crippen LogP contribution is -2.49. The Balaban J connectivity index is 2.30. The van der Waals surface area contributed by atoms with Gasteiger partial charge in [-0.2, -0.15) is 0 Å². The Morgan fingerprint density at radius 2 is 1.92 bits per heavy atom. The minimum absolute atomic E-state index is 0.0307. The summed E-state index contributed by atoms with van der Waals surface area (Å²) in [6.07, 6.45) is 0.679. The Bertz CT molecular complexity index is 615. The summed E-state index contributed by atoms with van der Waals surface area (Å²) < 4.78 is 0. The summed E-state index contributed by atoms with van der Waals surface area (Å²) in [5, 5.41) is 2.95. The van der Waals surface area contributed by atoms with Crippen molar-refractivity contribution in [2.75, 3.05) is 12.3 Å². The summed E-state index contributed by atoms with van der Waals surface area (Å²) in [7, 11) is 0. The first-order chi connectivity index (χ1) is 11.8. The van der Waals surface area contributed by atoms with Crippen LogP contribution in [0.25, 0.3) is 0 Å². The van der Waals surface area contributed by atoms with Gasteiger partial charge in [-0.05, 0) is 36.3 Å². The van der Waals surface area contributed by atoms with Crippen LogP contribution in [0, 0.1) is 18.8 Å². The van der Waals surface area contributed by atoms with Gasteiger partial charge in [0.2, 0.25) is 11.8 Å². The molecule has 1 N–H and O–H groups in total. The Morgan fingerprint density at radius 3 is 2.52 bits per heavy atom. The largest absolute Gasteiger partial charge is 0.354 e. The van der Waals surface area contributed by atoms with Gasteiger partial charge in [-0.15, -0.1) is 11.8 Å². The van der Waals surface area contributed by atoms with E-state index in [1.807, 2.05) is 17.0 Å². The summed E-state index contributed by atoms with van der Waals surface area (Å²) in [5.74, 6) is 1.19. The fourth-order valence-electron chi connectivity index (χ4n) is 3.09. The smallest absolute Gasteiger partial charge is 0.242 e. The van der Waals surface area contributed by atoms with E-state index in [9.17, 15) is 9.59 Å². The SMILES string of the molecule is Cc1ccccc1[C@@H]1SCC(=O)N1[C@H](CC(C)C)C(=O)NCC(C)C. The van der Waals surface area contributed by atoms with Crippen molar-refractivity contribution < 1.29 is 9.59 Å². The molecule has 0 bridgehead atoms. The van der Waals surface area contributed by atoms with Gasteiger partial charge in [-0.25, -0.2) is 0 Å². The molecular formula is C20H30N2O2S. The fourth-order valence-corrected chi connectivity index (χ4v) is 4.41. The van der Waals surface area contributed by atoms with E-state index in [0.29, 0.717) is 30.6 Å². The van der Waals surface area contributed by atoms with Crippen molar-refractivity contribution in [3.8, 4) is 0 Å². The number of nitrogens with zero attached hydrogens (tertiary/aromatic N) is 1. The first kappa shape index (κ1) is 19.8. The Kier molecular flexibility index (Phi) is 6.94. The highest BCUT2D eigenvalue weighted by molar-refractivity contribution is 8.00. The number of carbonyl (C=O) groups excluding carboxylic acids is 2. The van der Waals surface area contributed by atoms with Crippen molar-refractivity contribution >= 4 is 23.6 Å². The standard InChI is InChI=1S/C20H30N2O2S/c1-13(2)10-17(19(24)21-11-14(3)4)22-18(23)12-25-20(22)16-9-7-6-8-15(16)5/h6-9,13-14,17,20H,10-12H2,1-5H3,(H,21,24)/t17-,20+/m1/s1. The number of hydrogen-bond donors (Lipinski definition) is 1. The third-order valence-electron chi connectivity index (χ3n) is 4.38. The second-order valence-corrected chi connectivity index (χ2v) is 8.67. The molecule has 1 aromatic carbocycles. The van der Waals surface area contributed by atoms with Gasteiger partial charge in [0.15, 0.2) is 0 Å². The number of amides is 2. The van der Waals surface area contributed by atoms with Gasteiger partial charge in [0.05, 0.1) is 5.75 Å². The van der Waals surface area contributed by atoms with Crippen molar-refractivity contribution in [3.05, 3.63) is 35.4 Å². The van der Waals surface area contributed by atoms with Gasteiger partial charge in [0, 0.05) is 6.54 Å². The lowest BCUT2D eigenvalue weighted by atomic mass is 9.99. The van der Waals surface area contributed by atoms with Crippen molar-refractivity contribution in [1.29, 1.82) is 0 Å². The number of aryl methyl sites for hydroxylation is 1. The highest BCUT2D eigenvalue weighted by atomic mass is 32.2. The zero-order valence-electron chi connectivity index (χ0n) is 15.9. The highest BCUT2D eigenvalue weighted by Crippen LogP contribution is 2.42. The van der Waals surface area contributed by atoms with E-state index >= 15 is 0 Å². The zero-order valence-corrected chi connectivity index (χ0v) is 16.7. The van der Waals surface area contributed by atoms with Gasteiger partial charge >= 0.3 is 0 Å². The van der Waals surface area contributed by atoms with Crippen LogP contribution in [-0.4, -0.2) is 35.1 Å². The normalized spacial score (nSPS) is 18.9. The molecule has 25 heavy (non-hydrogen) atoms. The van der Waals surface area contributed by atoms with Crippen LogP contribution >= 0.6 is 11.8 Å². The zero-order chi connectivity index (χ0) is 18.6. The van der Waals surface area contributed by atoms with Crippen LogP contribution < -0.4 is 5.32 Å². The van der Waals surface area contributed by atoms with Crippen molar-refractivity contribution in [1.82, 2.24) is 10.2 Å². The maximum absolute atomic E-state index is 12.9. The second kappa shape index (κ2) is 8.75. The van der Waals surface area contributed by atoms with Crippen LogP contribution in [0.1, 0.15) is 50.6 Å². The van der Waals surface area contributed by atoms with Gasteiger partial charge in [-0.1, -0.05) is 52.0 Å². The average Bonchev–Trinajstić information content (AvgIpc) is 2.92. The molecule has 0 aliphatic carbocycles. The fraction of sp³-hybridized carbons (Fsp3) is 0.600. The van der Waals surface area contributed by atoms with Gasteiger partial charge < -0.3 is 10.2 Å². The first-order valence-corrected chi connectivity index (χ1v) is 10.1. The molecule has 2 rings (SSSR count). The van der Waals surface area contributed by atoms with E-state index < -0.39 is 6.04 Å². The predicted octanol–water partition coefficient (Wildman–Crippen LogP) is 3.76. The number of rotatable bonds is 7. The summed E-state index contributed by atoms with van der Waals surface area (Å²) in [6, 6.07) is 7.72. The second-order valence-electron chi connectivity index (χ2n) is 7.61. The van der Waals surface area contributed by atoms with Gasteiger partial charge in [0.25, 0.3) is 0 Å². The third-order valence-corrected chi connectivity index (χ3v) is 5.59. The average molecular weight is 363 g/mol. The lowest BCUT2D eigenvalue weighted by Gasteiger charge is -2.33. The molecule has 1 saturated heterocycles. The Morgan fingerprint density at radius 1 is 1.24 bits per heavy atom. The molecule has 0 saturated carbocycles. The van der Waals surface area contributed by atoms with Crippen LogP contribution in [0.15, 0.2) is 24.3 Å². The molecular weight excluding hydrogens is 332 g/mol. The molecule has 1 fully saturated rings. The number of benzene rings is 1. The number of hydrogen-bond acceptors (Lipinski definition) is 3. The van der Waals surface area contributed by atoms with Crippen LogP contribution in [-0.2, 0) is 9.59 Å². The van der Waals surface area contributed by atoms with E-state index in [4.69, 9.17) is 0 Å². The molecule has 1 aliphatic heterocycles. The van der Waals surface area contributed by atoms with Gasteiger partial charge in [-0.3, -0.25) is 9.59 Å². The topological polar surface area (TPSA) is 49.4 Å². The number of carbonyl (C=O) groups is 2. The molecule has 138 valence electrons. The molecule has 0 radical (unpaired) electrons. The minimum Gasteiger partial charge on any atom is -0.354 e. The van der Waals surface area contributed by atoms with Gasteiger partial charge in [0.1, 0.15) is 11.4 Å². The predicted molar refractivity (Wildman–Crippen MR) is 104 cm³/mol. The summed E-state index contributed by atoms with van der Waals surface area (Å²) in [4.78, 5) is 27.3. The first-order valence-electron chi connectivity index (χ1n) is 9.07. The molecule has 1 aliphatic rings. The number of nitrogens with one attached hydrogen (secondary N) is 1. The molecule has 5 heteroatoms. The monoisotopic (exact) mass is 362 g/mol. The molecule has 2 amide bonds. The minimum atomic E-state index is -0.411. The molecule has 0 spiro atoms. The maximum atomic E-state index is 12.9. The third kappa shape index (κ3) is 5.00.